The van der Waals surface area contributed by atoms with Gasteiger partial charge in [0, 0.05) is 57.8 Å². The molecule has 2 fully saturated rings. The Morgan fingerprint density at radius 3 is 2.02 bits per heavy atom. The Morgan fingerprint density at radius 1 is 0.683 bits per heavy atom. The van der Waals surface area contributed by atoms with Crippen LogP contribution in [0.3, 0.4) is 0 Å². The van der Waals surface area contributed by atoms with Crippen molar-refractivity contribution >= 4 is 15.9 Å². The summed E-state index contributed by atoms with van der Waals surface area (Å²) in [6, 6.07) is 49.8. The highest BCUT2D eigenvalue weighted by Crippen LogP contribution is 2.39. The highest BCUT2D eigenvalue weighted by Gasteiger charge is 2.34. The van der Waals surface area contributed by atoms with Crippen LogP contribution in [0.25, 0.3) is 11.1 Å². The first-order valence-corrected chi connectivity index (χ1v) is 23.2. The molecule has 0 aromatic heterocycles. The van der Waals surface area contributed by atoms with Crippen molar-refractivity contribution in [2.45, 2.75) is 68.9 Å². The number of amides is 1. The number of rotatable bonds is 16. The van der Waals surface area contributed by atoms with E-state index in [2.05, 4.69) is 62.3 Å². The fourth-order valence-electron chi connectivity index (χ4n) is 8.34. The summed E-state index contributed by atoms with van der Waals surface area (Å²) in [4.78, 5) is 18.9. The lowest BCUT2D eigenvalue weighted by atomic mass is 9.98. The second-order valence-corrected chi connectivity index (χ2v) is 18.3. The van der Waals surface area contributed by atoms with E-state index in [0.717, 1.165) is 83.8 Å². The zero-order chi connectivity index (χ0) is 43.6. The molecule has 2 aliphatic heterocycles. The summed E-state index contributed by atoms with van der Waals surface area (Å²) in [6.45, 7) is 7.78. The largest absolute Gasteiger partial charge is 0.392 e. The monoisotopic (exact) mass is 864 g/mol. The second-order valence-electron chi connectivity index (χ2n) is 16.6. The van der Waals surface area contributed by atoms with Crippen molar-refractivity contribution in [1.82, 2.24) is 19.8 Å². The molecule has 63 heavy (non-hydrogen) atoms. The molecule has 0 bridgehead atoms. The summed E-state index contributed by atoms with van der Waals surface area (Å²) in [5.41, 5.74) is 8.74. The van der Waals surface area contributed by atoms with Gasteiger partial charge in [-0.3, -0.25) is 14.6 Å². The number of nitrogens with one attached hydrogen (secondary N) is 2. The first-order valence-electron chi connectivity index (χ1n) is 21.8. The van der Waals surface area contributed by atoms with Crippen LogP contribution in [-0.2, 0) is 50.4 Å². The zero-order valence-corrected chi connectivity index (χ0v) is 36.5. The fourth-order valence-corrected chi connectivity index (χ4v) is 9.54. The number of sulfonamides is 1. The Bertz CT molecular complexity index is 2510. The molecule has 4 unspecified atom stereocenters. The van der Waals surface area contributed by atoms with Crippen molar-refractivity contribution < 1.29 is 27.8 Å². The molecule has 6 aromatic rings. The van der Waals surface area contributed by atoms with Crippen molar-refractivity contribution in [3.63, 3.8) is 0 Å². The Hall–Kier alpha value is -5.50. The SMILES string of the molecule is Cc1ccc(S(=O)(=O)NC(Cc2ccccc2)C(=O)NCc2cccc(-c3cccc(C4OC(CN5CCN(Cc6ccccc6)CC5)CC(c5ccc(CO)cc5)O4)c3)c2)cc1. The quantitative estimate of drug-likeness (QED) is 0.0906. The van der Waals surface area contributed by atoms with Gasteiger partial charge in [0.1, 0.15) is 6.04 Å². The molecule has 3 N–H and O–H groups in total. The number of aryl methyl sites for hydroxylation is 1. The van der Waals surface area contributed by atoms with E-state index in [1.807, 2.05) is 97.9 Å². The molecule has 4 atom stereocenters. The van der Waals surface area contributed by atoms with Crippen LogP contribution >= 0.6 is 0 Å². The Balaban J connectivity index is 0.951. The molecule has 0 radical (unpaired) electrons. The van der Waals surface area contributed by atoms with Gasteiger partial charge in [0.15, 0.2) is 6.29 Å². The van der Waals surface area contributed by atoms with Crippen LogP contribution in [0.1, 0.15) is 57.8 Å². The van der Waals surface area contributed by atoms with Gasteiger partial charge in [-0.05, 0) is 76.6 Å². The Kier molecular flexibility index (Phi) is 14.6. The number of hydrogen-bond acceptors (Lipinski definition) is 8. The van der Waals surface area contributed by atoms with Gasteiger partial charge in [0.25, 0.3) is 0 Å². The number of aliphatic hydroxyl groups excluding tert-OH is 1. The van der Waals surface area contributed by atoms with Crippen molar-refractivity contribution in [3.05, 3.63) is 197 Å². The Morgan fingerprint density at radius 2 is 1.32 bits per heavy atom. The third kappa shape index (κ3) is 12.0. The number of benzene rings is 6. The minimum atomic E-state index is -3.97. The predicted molar refractivity (Wildman–Crippen MR) is 246 cm³/mol. The lowest BCUT2D eigenvalue weighted by Gasteiger charge is -2.41. The van der Waals surface area contributed by atoms with E-state index in [1.54, 1.807) is 24.3 Å². The van der Waals surface area contributed by atoms with E-state index in [9.17, 15) is 18.3 Å². The van der Waals surface area contributed by atoms with Gasteiger partial charge in [0.05, 0.1) is 23.7 Å². The number of aliphatic hydroxyl groups is 1. The molecule has 2 heterocycles. The number of ether oxygens (including phenoxy) is 2. The summed E-state index contributed by atoms with van der Waals surface area (Å²) in [7, 11) is -3.97. The third-order valence-electron chi connectivity index (χ3n) is 11.9. The summed E-state index contributed by atoms with van der Waals surface area (Å²) >= 11 is 0. The molecular formula is C52H56N4O6S. The smallest absolute Gasteiger partial charge is 0.241 e. The van der Waals surface area contributed by atoms with Gasteiger partial charge < -0.3 is 19.9 Å². The Labute approximate surface area is 371 Å². The van der Waals surface area contributed by atoms with E-state index in [4.69, 9.17) is 9.47 Å². The van der Waals surface area contributed by atoms with Crippen LogP contribution in [0.5, 0.6) is 0 Å². The molecule has 10 nitrogen and oxygen atoms in total. The predicted octanol–water partition coefficient (Wildman–Crippen LogP) is 7.72. The van der Waals surface area contributed by atoms with Crippen LogP contribution < -0.4 is 10.0 Å². The number of hydrogen-bond donors (Lipinski definition) is 3. The molecule has 1 amide bonds. The van der Waals surface area contributed by atoms with Gasteiger partial charge in [-0.15, -0.1) is 0 Å². The average molecular weight is 865 g/mol. The molecule has 0 aliphatic carbocycles. The lowest BCUT2D eigenvalue weighted by Crippen LogP contribution is -2.49. The zero-order valence-electron chi connectivity index (χ0n) is 35.7. The topological polar surface area (TPSA) is 120 Å². The van der Waals surface area contributed by atoms with E-state index < -0.39 is 28.3 Å². The van der Waals surface area contributed by atoms with E-state index >= 15 is 0 Å². The maximum absolute atomic E-state index is 13.8. The molecule has 326 valence electrons. The summed E-state index contributed by atoms with van der Waals surface area (Å²) < 4.78 is 43.1. The van der Waals surface area contributed by atoms with Crippen LogP contribution in [0.2, 0.25) is 0 Å². The molecule has 11 heteroatoms. The van der Waals surface area contributed by atoms with E-state index in [-0.39, 0.29) is 36.7 Å². The van der Waals surface area contributed by atoms with E-state index in [1.165, 1.54) is 5.56 Å². The van der Waals surface area contributed by atoms with Crippen molar-refractivity contribution in [1.29, 1.82) is 0 Å². The van der Waals surface area contributed by atoms with Gasteiger partial charge in [-0.1, -0.05) is 139 Å². The molecule has 0 spiro atoms. The maximum atomic E-state index is 13.8. The number of nitrogens with zero attached hydrogens (tertiary/aromatic N) is 2. The third-order valence-corrected chi connectivity index (χ3v) is 13.4. The van der Waals surface area contributed by atoms with E-state index in [0.29, 0.717) is 6.42 Å². The number of piperazine rings is 1. The highest BCUT2D eigenvalue weighted by atomic mass is 32.2. The summed E-state index contributed by atoms with van der Waals surface area (Å²) in [6.07, 6.45) is 0.0555. The number of carbonyl (C=O) groups is 1. The molecule has 0 saturated carbocycles. The lowest BCUT2D eigenvalue weighted by molar-refractivity contribution is -0.253. The summed E-state index contributed by atoms with van der Waals surface area (Å²) in [5.74, 6) is -0.419. The minimum Gasteiger partial charge on any atom is -0.392 e. The van der Waals surface area contributed by atoms with Crippen LogP contribution in [0.4, 0.5) is 0 Å². The molecule has 2 aliphatic rings. The maximum Gasteiger partial charge on any atom is 0.241 e. The van der Waals surface area contributed by atoms with Gasteiger partial charge in [-0.25, -0.2) is 8.42 Å². The van der Waals surface area contributed by atoms with Crippen molar-refractivity contribution in [2.75, 3.05) is 32.7 Å². The average Bonchev–Trinajstić information content (AvgIpc) is 3.32. The molecule has 2 saturated heterocycles. The van der Waals surface area contributed by atoms with Gasteiger partial charge >= 0.3 is 0 Å². The van der Waals surface area contributed by atoms with Gasteiger partial charge in [0.2, 0.25) is 15.9 Å². The van der Waals surface area contributed by atoms with Crippen molar-refractivity contribution in [2.24, 2.45) is 0 Å². The highest BCUT2D eigenvalue weighted by molar-refractivity contribution is 7.89. The summed E-state index contributed by atoms with van der Waals surface area (Å²) in [5, 5.41) is 12.7. The van der Waals surface area contributed by atoms with Crippen LogP contribution in [0, 0.1) is 6.92 Å². The van der Waals surface area contributed by atoms with Gasteiger partial charge in [-0.2, -0.15) is 4.72 Å². The van der Waals surface area contributed by atoms with Crippen LogP contribution in [0.15, 0.2) is 163 Å². The van der Waals surface area contributed by atoms with Crippen LogP contribution in [-0.4, -0.2) is 74.1 Å². The normalized spacial score (nSPS) is 19.0. The molecule has 6 aromatic carbocycles. The second kappa shape index (κ2) is 20.8. The van der Waals surface area contributed by atoms with Crippen molar-refractivity contribution in [3.8, 4) is 11.1 Å². The first-order chi connectivity index (χ1) is 30.7. The minimum absolute atomic E-state index is 0.0123. The first kappa shape index (κ1) is 44.1. The molecular weight excluding hydrogens is 809 g/mol. The molecule has 8 rings (SSSR count). The number of carbonyl (C=O) groups excluding carboxylic acids is 1. The standard InChI is InChI=1S/C52H56N4O6S/c1-38-18-24-48(25-19-38)63(59,60)54-49(31-39-10-4-2-5-11-39)51(58)53-34-42-14-8-15-44(30-42)45-16-9-17-46(32-45)52-61-47(33-50(62-52)43-22-20-41(37-57)21-23-43)36-56-28-26-55(27-29-56)35-40-12-6-3-7-13-40/h2-25,30,32,47,49-50,52,54,57H,26-29,31,33-37H2,1H3,(H,53,58). The fraction of sp³-hybridized carbons (Fsp3) is 0.288.